The minimum atomic E-state index is -0.767. The lowest BCUT2D eigenvalue weighted by Gasteiger charge is -2.19. The zero-order chi connectivity index (χ0) is 29.2. The molecule has 0 radical (unpaired) electrons. The molecule has 0 aliphatic carbocycles. The van der Waals surface area contributed by atoms with E-state index in [0.717, 1.165) is 55.2 Å². The van der Waals surface area contributed by atoms with Crippen LogP contribution in [0, 0.1) is 5.92 Å². The number of hydroxylamine groups is 2. The normalized spacial score (nSPS) is 17.7. The first-order chi connectivity index (χ1) is 19.4. The third-order valence-electron chi connectivity index (χ3n) is 6.53. The second-order valence-corrected chi connectivity index (χ2v) is 9.53. The zero-order valence-electron chi connectivity index (χ0n) is 24.7. The van der Waals surface area contributed by atoms with Crippen molar-refractivity contribution in [3.05, 3.63) is 77.6 Å². The summed E-state index contributed by atoms with van der Waals surface area (Å²) in [6, 6.07) is 5.78. The highest BCUT2D eigenvalue weighted by atomic mass is 16.7. The van der Waals surface area contributed by atoms with E-state index in [1.165, 1.54) is 11.1 Å². The fraction of sp³-hybridized carbons (Fsp3) is 0.424. The van der Waals surface area contributed by atoms with E-state index in [1.54, 1.807) is 7.11 Å². The van der Waals surface area contributed by atoms with Gasteiger partial charge in [0.2, 0.25) is 0 Å². The topological polar surface area (TPSA) is 83.7 Å². The molecular weight excluding hydrogens is 502 g/mol. The number of aliphatic carboxylic acids is 1. The molecular formula is C33H45N3O4. The number of hydrogen-bond donors (Lipinski definition) is 1. The van der Waals surface area contributed by atoms with Crippen LogP contribution in [0.15, 0.2) is 87.6 Å². The SMILES string of the molecule is C/C=C\C=C/C/C=N/c1ccc(ON2CCC(C(=C/C)/C(C)=C\C(=C/C)OC)C2)cc1/N=C/CCCCC(=O)O. The zero-order valence-corrected chi connectivity index (χ0v) is 24.7. The van der Waals surface area contributed by atoms with Crippen LogP contribution in [0.1, 0.15) is 66.2 Å². The van der Waals surface area contributed by atoms with Gasteiger partial charge in [-0.15, -0.1) is 5.06 Å². The molecule has 0 spiro atoms. The number of ether oxygens (including phenoxy) is 1. The Bertz CT molecular complexity index is 1160. The van der Waals surface area contributed by atoms with Crippen LogP contribution in [0.4, 0.5) is 11.4 Å². The number of hydrogen-bond acceptors (Lipinski definition) is 6. The molecule has 1 aromatic rings. The fourth-order valence-electron chi connectivity index (χ4n) is 4.48. The van der Waals surface area contributed by atoms with Gasteiger partial charge in [0.05, 0.1) is 18.5 Å². The Balaban J connectivity index is 2.12. The third-order valence-corrected chi connectivity index (χ3v) is 6.53. The highest BCUT2D eigenvalue weighted by Crippen LogP contribution is 2.34. The molecule has 216 valence electrons. The van der Waals surface area contributed by atoms with Crippen molar-refractivity contribution >= 4 is 29.8 Å². The maximum Gasteiger partial charge on any atom is 0.303 e. The van der Waals surface area contributed by atoms with Gasteiger partial charge in [-0.3, -0.25) is 14.8 Å². The first-order valence-corrected chi connectivity index (χ1v) is 14.1. The molecule has 1 unspecified atom stereocenters. The van der Waals surface area contributed by atoms with Crippen LogP contribution in [0.3, 0.4) is 0 Å². The largest absolute Gasteiger partial charge is 0.497 e. The van der Waals surface area contributed by atoms with Crippen LogP contribution in [-0.2, 0) is 9.53 Å². The van der Waals surface area contributed by atoms with Crippen molar-refractivity contribution in [1.82, 2.24) is 5.06 Å². The molecule has 0 bridgehead atoms. The van der Waals surface area contributed by atoms with Crippen molar-refractivity contribution in [2.75, 3.05) is 20.2 Å². The number of rotatable bonds is 16. The number of unbranched alkanes of at least 4 members (excludes halogenated alkanes) is 2. The monoisotopic (exact) mass is 547 g/mol. The molecule has 1 saturated heterocycles. The number of aliphatic imine (C=N–C) groups is 2. The van der Waals surface area contributed by atoms with Crippen molar-refractivity contribution in [3.63, 3.8) is 0 Å². The quantitative estimate of drug-likeness (QED) is 0.0973. The lowest BCUT2D eigenvalue weighted by Crippen LogP contribution is -2.25. The van der Waals surface area contributed by atoms with Crippen LogP contribution in [0.25, 0.3) is 0 Å². The molecule has 0 aromatic heterocycles. The highest BCUT2D eigenvalue weighted by Gasteiger charge is 2.27. The van der Waals surface area contributed by atoms with E-state index in [-0.39, 0.29) is 6.42 Å². The number of nitrogens with zero attached hydrogens (tertiary/aromatic N) is 3. The molecule has 7 heteroatoms. The summed E-state index contributed by atoms with van der Waals surface area (Å²) in [5.74, 6) is 1.18. The summed E-state index contributed by atoms with van der Waals surface area (Å²) in [5.41, 5.74) is 4.00. The van der Waals surface area contributed by atoms with Gasteiger partial charge in [0.15, 0.2) is 0 Å². The summed E-state index contributed by atoms with van der Waals surface area (Å²) >= 11 is 0. The van der Waals surface area contributed by atoms with Crippen molar-refractivity contribution in [2.45, 2.75) is 66.2 Å². The van der Waals surface area contributed by atoms with Gasteiger partial charge in [-0.25, -0.2) is 0 Å². The Labute approximate surface area is 240 Å². The van der Waals surface area contributed by atoms with E-state index in [0.29, 0.717) is 18.8 Å². The Kier molecular flexibility index (Phi) is 15.1. The van der Waals surface area contributed by atoms with E-state index in [2.05, 4.69) is 36.0 Å². The first-order valence-electron chi connectivity index (χ1n) is 14.1. The van der Waals surface area contributed by atoms with E-state index < -0.39 is 5.97 Å². The molecule has 0 amide bonds. The van der Waals surface area contributed by atoms with Crippen LogP contribution >= 0.6 is 0 Å². The van der Waals surface area contributed by atoms with Crippen molar-refractivity contribution < 1.29 is 19.5 Å². The molecule has 1 fully saturated rings. The van der Waals surface area contributed by atoms with E-state index >= 15 is 0 Å². The number of benzene rings is 1. The Morgan fingerprint density at radius 2 is 1.90 bits per heavy atom. The number of carboxylic acids is 1. The van der Waals surface area contributed by atoms with E-state index in [9.17, 15) is 4.79 Å². The lowest BCUT2D eigenvalue weighted by molar-refractivity contribution is -0.137. The summed E-state index contributed by atoms with van der Waals surface area (Å²) in [4.78, 5) is 26.3. The predicted molar refractivity (Wildman–Crippen MR) is 166 cm³/mol. The van der Waals surface area contributed by atoms with E-state index in [1.807, 2.05) is 79.9 Å². The predicted octanol–water partition coefficient (Wildman–Crippen LogP) is 8.32. The summed E-state index contributed by atoms with van der Waals surface area (Å²) in [6.45, 7) is 9.79. The molecule has 40 heavy (non-hydrogen) atoms. The molecule has 1 heterocycles. The maximum atomic E-state index is 10.7. The molecule has 1 aromatic carbocycles. The van der Waals surface area contributed by atoms with Crippen molar-refractivity contribution in [2.24, 2.45) is 15.9 Å². The lowest BCUT2D eigenvalue weighted by atomic mass is 9.91. The minimum absolute atomic E-state index is 0.178. The van der Waals surface area contributed by atoms with Gasteiger partial charge in [-0.2, -0.15) is 0 Å². The average Bonchev–Trinajstić information content (AvgIpc) is 3.40. The van der Waals surface area contributed by atoms with Crippen molar-refractivity contribution in [1.29, 1.82) is 0 Å². The molecule has 1 N–H and O–H groups in total. The third kappa shape index (κ3) is 11.6. The van der Waals surface area contributed by atoms with Gasteiger partial charge in [0, 0.05) is 50.3 Å². The van der Waals surface area contributed by atoms with Crippen LogP contribution in [0.2, 0.25) is 0 Å². The average molecular weight is 548 g/mol. The van der Waals surface area contributed by atoms with Gasteiger partial charge < -0.3 is 14.7 Å². The first kappa shape index (κ1) is 32.5. The molecule has 1 aliphatic rings. The van der Waals surface area contributed by atoms with E-state index in [4.69, 9.17) is 14.7 Å². The second-order valence-electron chi connectivity index (χ2n) is 9.53. The summed E-state index contributed by atoms with van der Waals surface area (Å²) in [5, 5.41) is 10.8. The molecule has 7 nitrogen and oxygen atoms in total. The van der Waals surface area contributed by atoms with Crippen LogP contribution in [-0.4, -0.2) is 48.8 Å². The van der Waals surface area contributed by atoms with Gasteiger partial charge in [-0.05, 0) is 88.8 Å². The molecule has 2 rings (SSSR count). The Morgan fingerprint density at radius 1 is 1.10 bits per heavy atom. The van der Waals surface area contributed by atoms with Crippen LogP contribution in [0.5, 0.6) is 5.75 Å². The number of carboxylic acid groups (broad SMARTS) is 1. The Morgan fingerprint density at radius 3 is 2.60 bits per heavy atom. The van der Waals surface area contributed by atoms with Gasteiger partial charge in [0.25, 0.3) is 0 Å². The van der Waals surface area contributed by atoms with Gasteiger partial charge in [-0.1, -0.05) is 30.4 Å². The maximum absolute atomic E-state index is 10.7. The summed E-state index contributed by atoms with van der Waals surface area (Å²) < 4.78 is 5.42. The summed E-state index contributed by atoms with van der Waals surface area (Å²) in [7, 11) is 1.69. The standard InChI is InChI=1S/C33H45N3O4/c1-6-9-10-11-14-20-34-31-18-17-29(24-32(31)35-21-15-12-13-16-33(37)38)40-36-22-19-27(25-36)30(8-3)26(4)23-28(7-2)39-5/h6-11,17-18,20-21,23-24,27H,12-16,19,22,25H2,1-5H3,(H,37,38)/b9-6-,11-10-,26-23-,28-7+,30-8+,34-20+,35-21+. The number of methoxy groups -OCH3 is 1. The Hall–Kier alpha value is -3.71. The number of allylic oxidation sites excluding steroid dienone is 8. The second kappa shape index (κ2) is 18.6. The smallest absolute Gasteiger partial charge is 0.303 e. The van der Waals surface area contributed by atoms with Gasteiger partial charge in [0.1, 0.15) is 11.5 Å². The fourth-order valence-corrected chi connectivity index (χ4v) is 4.48. The minimum Gasteiger partial charge on any atom is -0.497 e. The summed E-state index contributed by atoms with van der Waals surface area (Å²) in [6.07, 6.45) is 22.0. The molecule has 0 saturated carbocycles. The highest BCUT2D eigenvalue weighted by molar-refractivity contribution is 5.76. The van der Waals surface area contributed by atoms with Gasteiger partial charge >= 0.3 is 5.97 Å². The molecule has 1 atom stereocenters. The number of carbonyl (C=O) groups is 1. The van der Waals surface area contributed by atoms with Crippen LogP contribution < -0.4 is 4.84 Å². The van der Waals surface area contributed by atoms with Crippen molar-refractivity contribution in [3.8, 4) is 5.75 Å². The molecule has 1 aliphatic heterocycles.